The van der Waals surface area contributed by atoms with Crippen molar-refractivity contribution in [2.45, 2.75) is 17.4 Å². The summed E-state index contributed by atoms with van der Waals surface area (Å²) in [5, 5.41) is 9.87. The molecule has 0 spiro atoms. The smallest absolute Gasteiger partial charge is 0.338 e. The van der Waals surface area contributed by atoms with Crippen LogP contribution in [-0.2, 0) is 9.53 Å². The molecule has 4 nitrogen and oxygen atoms in total. The minimum Gasteiger partial charge on any atom is -0.496 e. The molecule has 0 amide bonds. The molecule has 0 aromatic heterocycles. The monoisotopic (exact) mass is 256 g/mol. The summed E-state index contributed by atoms with van der Waals surface area (Å²) < 4.78 is 9.71. The van der Waals surface area contributed by atoms with Crippen molar-refractivity contribution < 1.29 is 19.4 Å². The van der Waals surface area contributed by atoms with Gasteiger partial charge in [-0.05, 0) is 19.1 Å². The fraction of sp³-hybridized carbons (Fsp3) is 0.417. The topological polar surface area (TPSA) is 55.8 Å². The number of carbonyl (C=O) groups excluding carboxylic acids is 1. The summed E-state index contributed by atoms with van der Waals surface area (Å²) in [4.78, 5) is 12.2. The molecule has 1 N–H and O–H groups in total. The zero-order chi connectivity index (χ0) is 12.9. The van der Waals surface area contributed by atoms with E-state index in [9.17, 15) is 9.90 Å². The summed E-state index contributed by atoms with van der Waals surface area (Å²) in [5.74, 6) is 0.290. The van der Waals surface area contributed by atoms with Gasteiger partial charge in [0.25, 0.3) is 0 Å². The molecule has 0 heterocycles. The molecule has 1 aromatic carbocycles. The van der Waals surface area contributed by atoms with Crippen molar-refractivity contribution in [2.24, 2.45) is 0 Å². The average Bonchev–Trinajstić information content (AvgIpc) is 2.35. The Morgan fingerprint density at radius 1 is 1.41 bits per heavy atom. The normalized spacial score (nSPS) is 13.9. The van der Waals surface area contributed by atoms with Gasteiger partial charge in [-0.15, -0.1) is 11.8 Å². The van der Waals surface area contributed by atoms with E-state index in [1.54, 1.807) is 7.11 Å². The van der Waals surface area contributed by atoms with E-state index in [4.69, 9.17) is 4.74 Å². The van der Waals surface area contributed by atoms with Crippen LogP contribution in [-0.4, -0.2) is 36.6 Å². The number of hydrogen-bond acceptors (Lipinski definition) is 5. The lowest BCUT2D eigenvalue weighted by Gasteiger charge is -2.19. The van der Waals surface area contributed by atoms with Gasteiger partial charge in [-0.2, -0.15) is 0 Å². The van der Waals surface area contributed by atoms with E-state index < -0.39 is 11.6 Å². The summed E-state index contributed by atoms with van der Waals surface area (Å²) >= 11 is 1.35. The molecule has 94 valence electrons. The standard InChI is InChI=1S/C12H16O4S/c1-12(14,11(13)16-3)8-17-10-7-5-4-6-9(10)15-2/h4-7,14H,8H2,1-3H3. The van der Waals surface area contributed by atoms with Gasteiger partial charge < -0.3 is 14.6 Å². The number of aliphatic hydroxyl groups is 1. The van der Waals surface area contributed by atoms with E-state index in [2.05, 4.69) is 4.74 Å². The molecule has 1 rings (SSSR count). The highest BCUT2D eigenvalue weighted by Crippen LogP contribution is 2.31. The third-order valence-electron chi connectivity index (χ3n) is 2.20. The molecule has 0 saturated heterocycles. The van der Waals surface area contributed by atoms with Crippen molar-refractivity contribution in [1.82, 2.24) is 0 Å². The zero-order valence-corrected chi connectivity index (χ0v) is 10.9. The molecule has 1 atom stereocenters. The minimum atomic E-state index is -1.50. The number of benzene rings is 1. The van der Waals surface area contributed by atoms with Crippen LogP contribution in [0.3, 0.4) is 0 Å². The third-order valence-corrected chi connectivity index (χ3v) is 3.56. The summed E-state index contributed by atoms with van der Waals surface area (Å²) in [6, 6.07) is 7.44. The van der Waals surface area contributed by atoms with Gasteiger partial charge in [0.2, 0.25) is 0 Å². The fourth-order valence-electron chi connectivity index (χ4n) is 1.24. The van der Waals surface area contributed by atoms with Crippen LogP contribution in [0.15, 0.2) is 29.2 Å². The molecular weight excluding hydrogens is 240 g/mol. The summed E-state index contributed by atoms with van der Waals surface area (Å²) in [6.07, 6.45) is 0. The first-order valence-electron chi connectivity index (χ1n) is 5.08. The van der Waals surface area contributed by atoms with Crippen molar-refractivity contribution in [3.05, 3.63) is 24.3 Å². The summed E-state index contributed by atoms with van der Waals surface area (Å²) in [7, 11) is 2.84. The Kier molecular flexibility index (Phi) is 4.84. The Morgan fingerprint density at radius 2 is 2.06 bits per heavy atom. The van der Waals surface area contributed by atoms with Crippen LogP contribution >= 0.6 is 11.8 Å². The predicted molar refractivity (Wildman–Crippen MR) is 66.4 cm³/mol. The number of thioether (sulfide) groups is 1. The largest absolute Gasteiger partial charge is 0.496 e. The van der Waals surface area contributed by atoms with Crippen molar-refractivity contribution >= 4 is 17.7 Å². The molecule has 0 radical (unpaired) electrons. The molecule has 0 fully saturated rings. The summed E-state index contributed by atoms with van der Waals surface area (Å²) in [6.45, 7) is 1.43. The van der Waals surface area contributed by atoms with Gasteiger partial charge in [-0.25, -0.2) is 4.79 Å². The SMILES string of the molecule is COC(=O)C(C)(O)CSc1ccccc1OC. The second kappa shape index (κ2) is 5.93. The lowest BCUT2D eigenvalue weighted by Crippen LogP contribution is -2.38. The van der Waals surface area contributed by atoms with Crippen LogP contribution in [0.1, 0.15) is 6.92 Å². The van der Waals surface area contributed by atoms with Crippen molar-refractivity contribution in [3.8, 4) is 5.75 Å². The van der Waals surface area contributed by atoms with Crippen LogP contribution < -0.4 is 4.74 Å². The molecule has 0 aliphatic rings. The van der Waals surface area contributed by atoms with E-state index in [1.807, 2.05) is 24.3 Å². The Balaban J connectivity index is 2.70. The number of esters is 1. The van der Waals surface area contributed by atoms with E-state index in [0.717, 1.165) is 10.6 Å². The molecule has 1 unspecified atom stereocenters. The third kappa shape index (κ3) is 3.64. The maximum Gasteiger partial charge on any atom is 0.338 e. The number of carbonyl (C=O) groups is 1. The molecule has 0 aliphatic carbocycles. The molecule has 5 heteroatoms. The quantitative estimate of drug-likeness (QED) is 0.642. The Labute approximate surface area is 105 Å². The highest BCUT2D eigenvalue weighted by Gasteiger charge is 2.31. The van der Waals surface area contributed by atoms with E-state index >= 15 is 0 Å². The van der Waals surface area contributed by atoms with Crippen molar-refractivity contribution in [3.63, 3.8) is 0 Å². The van der Waals surface area contributed by atoms with Crippen LogP contribution in [0.25, 0.3) is 0 Å². The van der Waals surface area contributed by atoms with Crippen molar-refractivity contribution in [2.75, 3.05) is 20.0 Å². The molecule has 0 saturated carbocycles. The highest BCUT2D eigenvalue weighted by atomic mass is 32.2. The second-order valence-corrected chi connectivity index (χ2v) is 4.72. The van der Waals surface area contributed by atoms with Gasteiger partial charge in [-0.1, -0.05) is 12.1 Å². The molecule has 17 heavy (non-hydrogen) atoms. The Bertz CT molecular complexity index is 390. The van der Waals surface area contributed by atoms with Crippen molar-refractivity contribution in [1.29, 1.82) is 0 Å². The van der Waals surface area contributed by atoms with Crippen LogP contribution in [0, 0.1) is 0 Å². The zero-order valence-electron chi connectivity index (χ0n) is 10.1. The number of ether oxygens (including phenoxy) is 2. The maximum absolute atomic E-state index is 11.3. The lowest BCUT2D eigenvalue weighted by molar-refractivity contribution is -0.158. The first-order chi connectivity index (χ1) is 8.01. The van der Waals surface area contributed by atoms with Gasteiger partial charge in [0.15, 0.2) is 5.60 Å². The number of hydrogen-bond donors (Lipinski definition) is 1. The van der Waals surface area contributed by atoms with Crippen LogP contribution in [0.5, 0.6) is 5.75 Å². The Morgan fingerprint density at radius 3 is 2.65 bits per heavy atom. The minimum absolute atomic E-state index is 0.208. The van der Waals surface area contributed by atoms with Gasteiger partial charge in [0.05, 0.1) is 14.2 Å². The van der Waals surface area contributed by atoms with Gasteiger partial charge in [0, 0.05) is 10.6 Å². The molecule has 0 bridgehead atoms. The summed E-state index contributed by atoms with van der Waals surface area (Å²) in [5.41, 5.74) is -1.50. The van der Waals surface area contributed by atoms with Crippen LogP contribution in [0.2, 0.25) is 0 Å². The number of rotatable bonds is 5. The molecule has 0 aliphatic heterocycles. The number of para-hydroxylation sites is 1. The van der Waals surface area contributed by atoms with E-state index in [-0.39, 0.29) is 5.75 Å². The fourth-order valence-corrected chi connectivity index (χ4v) is 2.26. The van der Waals surface area contributed by atoms with Gasteiger partial charge in [-0.3, -0.25) is 0 Å². The first-order valence-corrected chi connectivity index (χ1v) is 6.06. The predicted octanol–water partition coefficient (Wildman–Crippen LogP) is 1.71. The Hall–Kier alpha value is -1.20. The van der Waals surface area contributed by atoms with E-state index in [1.165, 1.54) is 25.8 Å². The number of methoxy groups -OCH3 is 2. The average molecular weight is 256 g/mol. The van der Waals surface area contributed by atoms with Gasteiger partial charge in [0.1, 0.15) is 5.75 Å². The van der Waals surface area contributed by atoms with Crippen LogP contribution in [0.4, 0.5) is 0 Å². The first kappa shape index (κ1) is 13.9. The lowest BCUT2D eigenvalue weighted by atomic mass is 10.1. The molecule has 1 aromatic rings. The van der Waals surface area contributed by atoms with E-state index in [0.29, 0.717) is 0 Å². The van der Waals surface area contributed by atoms with Gasteiger partial charge >= 0.3 is 5.97 Å². The molecular formula is C12H16O4S. The maximum atomic E-state index is 11.3. The highest BCUT2D eigenvalue weighted by molar-refractivity contribution is 7.99. The second-order valence-electron chi connectivity index (χ2n) is 3.70.